The molecule has 3 aromatic rings. The first-order chi connectivity index (χ1) is 10.2. The van der Waals surface area contributed by atoms with Gasteiger partial charge in [0, 0.05) is 9.13 Å². The number of ether oxygens (including phenoxy) is 1. The Morgan fingerprint density at radius 2 is 1.86 bits per heavy atom. The van der Waals surface area contributed by atoms with E-state index in [2.05, 4.69) is 44.9 Å². The number of nitrogens with two attached hydrogens (primary N) is 1. The van der Waals surface area contributed by atoms with Crippen LogP contribution in [-0.2, 0) is 0 Å². The van der Waals surface area contributed by atoms with E-state index in [4.69, 9.17) is 10.5 Å². The summed E-state index contributed by atoms with van der Waals surface area (Å²) in [7, 11) is 1.65. The van der Waals surface area contributed by atoms with Gasteiger partial charge in [-0.15, -0.1) is 0 Å². The molecule has 2 aromatic carbocycles. The van der Waals surface area contributed by atoms with Crippen LogP contribution in [0.2, 0.25) is 0 Å². The predicted molar refractivity (Wildman–Crippen MR) is 93.1 cm³/mol. The van der Waals surface area contributed by atoms with Crippen molar-refractivity contribution >= 4 is 28.4 Å². The van der Waals surface area contributed by atoms with Crippen molar-refractivity contribution in [1.82, 2.24) is 10.2 Å². The molecule has 0 unspecified atom stereocenters. The van der Waals surface area contributed by atoms with E-state index < -0.39 is 0 Å². The van der Waals surface area contributed by atoms with E-state index in [9.17, 15) is 0 Å². The first kappa shape index (κ1) is 13.9. The largest absolute Gasteiger partial charge is 0.497 e. The Hall–Kier alpha value is -2.02. The Balaban J connectivity index is 2.17. The number of hydrogen-bond acceptors (Lipinski definition) is 3. The molecule has 1 aromatic heterocycles. The van der Waals surface area contributed by atoms with Crippen LogP contribution in [0.4, 0.5) is 5.82 Å². The third-order valence-electron chi connectivity index (χ3n) is 3.27. The lowest BCUT2D eigenvalue weighted by Crippen LogP contribution is -1.90. The molecule has 1 heterocycles. The third-order valence-corrected chi connectivity index (χ3v) is 3.94. The highest BCUT2D eigenvalue weighted by atomic mass is 127. The monoisotopic (exact) mass is 391 g/mol. The number of nitrogens with one attached hydrogen (secondary N) is 1. The Morgan fingerprint density at radius 3 is 2.62 bits per heavy atom. The molecule has 0 aliphatic heterocycles. The number of halogens is 1. The second-order valence-corrected chi connectivity index (χ2v) is 5.85. The minimum absolute atomic E-state index is 0.483. The number of aromatic amines is 1. The molecule has 0 atom stereocenters. The zero-order valence-electron chi connectivity index (χ0n) is 11.4. The highest BCUT2D eigenvalue weighted by Gasteiger charge is 2.15. The van der Waals surface area contributed by atoms with Gasteiger partial charge in [0.25, 0.3) is 0 Å². The maximum absolute atomic E-state index is 6.06. The SMILES string of the molecule is COc1cccc(-c2c(N)n[nH]c2-c2cccc(I)c2)c1. The standard InChI is InChI=1S/C16H14IN3O/c1-21-13-7-3-4-10(9-13)14-15(19-20-16(14)18)11-5-2-6-12(17)8-11/h2-9H,1H3,(H3,18,19,20). The smallest absolute Gasteiger partial charge is 0.153 e. The molecule has 0 bridgehead atoms. The molecule has 4 nitrogen and oxygen atoms in total. The number of benzene rings is 2. The summed E-state index contributed by atoms with van der Waals surface area (Å²) in [6, 6.07) is 16.0. The molecule has 0 amide bonds. The van der Waals surface area contributed by atoms with E-state index >= 15 is 0 Å². The summed E-state index contributed by atoms with van der Waals surface area (Å²) < 4.78 is 6.45. The fourth-order valence-electron chi connectivity index (χ4n) is 2.28. The van der Waals surface area contributed by atoms with Crippen LogP contribution in [0.25, 0.3) is 22.4 Å². The third kappa shape index (κ3) is 2.73. The summed E-state index contributed by atoms with van der Waals surface area (Å²) in [4.78, 5) is 0. The number of nitrogen functional groups attached to an aromatic ring is 1. The van der Waals surface area contributed by atoms with Gasteiger partial charge < -0.3 is 10.5 Å². The first-order valence-corrected chi connectivity index (χ1v) is 7.51. The van der Waals surface area contributed by atoms with E-state index in [-0.39, 0.29) is 0 Å². The van der Waals surface area contributed by atoms with Crippen molar-refractivity contribution in [3.8, 4) is 28.1 Å². The molecule has 0 radical (unpaired) electrons. The van der Waals surface area contributed by atoms with Crippen molar-refractivity contribution in [3.05, 3.63) is 52.1 Å². The van der Waals surface area contributed by atoms with Gasteiger partial charge in [0.15, 0.2) is 5.82 Å². The van der Waals surface area contributed by atoms with Crippen LogP contribution >= 0.6 is 22.6 Å². The van der Waals surface area contributed by atoms with Gasteiger partial charge in [-0.1, -0.05) is 24.3 Å². The fourth-order valence-corrected chi connectivity index (χ4v) is 2.82. The van der Waals surface area contributed by atoms with Crippen LogP contribution in [0.3, 0.4) is 0 Å². The second kappa shape index (κ2) is 5.77. The number of aromatic nitrogens is 2. The molecule has 5 heteroatoms. The zero-order valence-corrected chi connectivity index (χ0v) is 13.6. The molecular formula is C16H14IN3O. The molecule has 0 fully saturated rings. The number of rotatable bonds is 3. The van der Waals surface area contributed by atoms with Gasteiger partial charge in [0.1, 0.15) is 5.75 Å². The Labute approximate surface area is 136 Å². The minimum Gasteiger partial charge on any atom is -0.497 e. The molecule has 0 aliphatic carbocycles. The van der Waals surface area contributed by atoms with Crippen LogP contribution < -0.4 is 10.5 Å². The van der Waals surface area contributed by atoms with Gasteiger partial charge in [-0.2, -0.15) is 5.10 Å². The average molecular weight is 391 g/mol. The number of anilines is 1. The summed E-state index contributed by atoms with van der Waals surface area (Å²) in [5.74, 6) is 1.28. The van der Waals surface area contributed by atoms with Crippen LogP contribution in [0, 0.1) is 3.57 Å². The normalized spacial score (nSPS) is 10.6. The second-order valence-electron chi connectivity index (χ2n) is 4.60. The lowest BCUT2D eigenvalue weighted by atomic mass is 10.0. The van der Waals surface area contributed by atoms with Crippen molar-refractivity contribution in [2.24, 2.45) is 0 Å². The van der Waals surface area contributed by atoms with Gasteiger partial charge >= 0.3 is 0 Å². The summed E-state index contributed by atoms with van der Waals surface area (Å²) in [6.07, 6.45) is 0. The lowest BCUT2D eigenvalue weighted by Gasteiger charge is -2.07. The van der Waals surface area contributed by atoms with Crippen molar-refractivity contribution in [2.45, 2.75) is 0 Å². The molecule has 3 N–H and O–H groups in total. The highest BCUT2D eigenvalue weighted by molar-refractivity contribution is 14.1. The van der Waals surface area contributed by atoms with Gasteiger partial charge in [0.2, 0.25) is 0 Å². The van der Waals surface area contributed by atoms with Gasteiger partial charge in [-0.3, -0.25) is 5.10 Å². The molecule has 0 aliphatic rings. The average Bonchev–Trinajstić information content (AvgIpc) is 2.89. The molecule has 0 saturated carbocycles. The number of H-pyrrole nitrogens is 1. The van der Waals surface area contributed by atoms with Gasteiger partial charge in [-0.25, -0.2) is 0 Å². The van der Waals surface area contributed by atoms with Gasteiger partial charge in [0.05, 0.1) is 18.4 Å². The Kier molecular flexibility index (Phi) is 3.83. The Bertz CT molecular complexity index is 783. The van der Waals surface area contributed by atoms with Crippen molar-refractivity contribution in [3.63, 3.8) is 0 Å². The quantitative estimate of drug-likeness (QED) is 0.665. The predicted octanol–water partition coefficient (Wildman–Crippen LogP) is 3.94. The lowest BCUT2D eigenvalue weighted by molar-refractivity contribution is 0.415. The van der Waals surface area contributed by atoms with E-state index in [1.54, 1.807) is 7.11 Å². The maximum Gasteiger partial charge on any atom is 0.153 e. The Morgan fingerprint density at radius 1 is 1.10 bits per heavy atom. The fraction of sp³-hybridized carbons (Fsp3) is 0.0625. The van der Waals surface area contributed by atoms with E-state index in [0.29, 0.717) is 5.82 Å². The van der Waals surface area contributed by atoms with E-state index in [1.807, 2.05) is 36.4 Å². The van der Waals surface area contributed by atoms with Gasteiger partial charge in [-0.05, 0) is 52.4 Å². The molecule has 0 spiro atoms. The highest BCUT2D eigenvalue weighted by Crippen LogP contribution is 2.36. The molecular weight excluding hydrogens is 377 g/mol. The van der Waals surface area contributed by atoms with Crippen molar-refractivity contribution in [2.75, 3.05) is 12.8 Å². The van der Waals surface area contributed by atoms with Crippen LogP contribution in [0.1, 0.15) is 0 Å². The first-order valence-electron chi connectivity index (χ1n) is 6.43. The van der Waals surface area contributed by atoms with Crippen LogP contribution in [0.15, 0.2) is 48.5 Å². The van der Waals surface area contributed by atoms with E-state index in [0.717, 1.165) is 31.7 Å². The number of hydrogen-bond donors (Lipinski definition) is 2. The summed E-state index contributed by atoms with van der Waals surface area (Å²) >= 11 is 2.29. The van der Waals surface area contributed by atoms with Crippen molar-refractivity contribution in [1.29, 1.82) is 0 Å². The van der Waals surface area contributed by atoms with Crippen molar-refractivity contribution < 1.29 is 4.74 Å². The topological polar surface area (TPSA) is 63.9 Å². The minimum atomic E-state index is 0.483. The summed E-state index contributed by atoms with van der Waals surface area (Å²) in [5, 5.41) is 7.20. The maximum atomic E-state index is 6.06. The number of nitrogens with zero attached hydrogens (tertiary/aromatic N) is 1. The molecule has 21 heavy (non-hydrogen) atoms. The molecule has 106 valence electrons. The number of methoxy groups -OCH3 is 1. The summed E-state index contributed by atoms with van der Waals surface area (Å²) in [5.41, 5.74) is 9.91. The summed E-state index contributed by atoms with van der Waals surface area (Å²) in [6.45, 7) is 0. The molecule has 0 saturated heterocycles. The van der Waals surface area contributed by atoms with E-state index in [1.165, 1.54) is 0 Å². The zero-order chi connectivity index (χ0) is 14.8. The van der Waals surface area contributed by atoms with Crippen LogP contribution in [-0.4, -0.2) is 17.3 Å². The molecule has 3 rings (SSSR count). The van der Waals surface area contributed by atoms with Crippen LogP contribution in [0.5, 0.6) is 5.75 Å².